The highest BCUT2D eigenvalue weighted by Crippen LogP contribution is 2.19. The van der Waals surface area contributed by atoms with Gasteiger partial charge in [0.2, 0.25) is 0 Å². The van der Waals surface area contributed by atoms with Crippen molar-refractivity contribution in [1.29, 1.82) is 0 Å². The summed E-state index contributed by atoms with van der Waals surface area (Å²) >= 11 is 0. The quantitative estimate of drug-likeness (QED) is 0.0838. The Hall–Kier alpha value is -0.610. The average Bonchev–Trinajstić information content (AvgIpc) is 3.42. The van der Waals surface area contributed by atoms with Crippen molar-refractivity contribution in [2.75, 3.05) is 39.3 Å². The van der Waals surface area contributed by atoms with Crippen LogP contribution in [0.15, 0.2) is 0 Å². The van der Waals surface area contributed by atoms with Crippen molar-refractivity contribution in [2.45, 2.75) is 162 Å². The molecular formula is C33H66N2O2. The van der Waals surface area contributed by atoms with E-state index < -0.39 is 0 Å². The molecule has 0 saturated carbocycles. The molecule has 37 heavy (non-hydrogen) atoms. The molecule has 0 bridgehead atoms. The summed E-state index contributed by atoms with van der Waals surface area (Å²) in [5, 5.41) is 0. The molecule has 1 rings (SSSR count). The first-order valence-corrected chi connectivity index (χ1v) is 16.8. The molecule has 4 heteroatoms. The molecule has 0 amide bonds. The van der Waals surface area contributed by atoms with Crippen molar-refractivity contribution in [1.82, 2.24) is 9.80 Å². The first kappa shape index (κ1) is 34.4. The van der Waals surface area contributed by atoms with Gasteiger partial charge in [0.25, 0.3) is 0 Å². The smallest absolute Gasteiger partial charge is 0.305 e. The maximum Gasteiger partial charge on any atom is 0.305 e. The van der Waals surface area contributed by atoms with Crippen molar-refractivity contribution < 1.29 is 9.53 Å². The minimum atomic E-state index is 0.0291. The van der Waals surface area contributed by atoms with Crippen molar-refractivity contribution in [3.8, 4) is 0 Å². The van der Waals surface area contributed by atoms with Crippen LogP contribution >= 0.6 is 0 Å². The number of unbranched alkanes of at least 4 members (excludes halogenated alkanes) is 8. The van der Waals surface area contributed by atoms with Gasteiger partial charge in [0.1, 0.15) is 0 Å². The highest BCUT2D eigenvalue weighted by Gasteiger charge is 2.17. The summed E-state index contributed by atoms with van der Waals surface area (Å²) < 4.78 is 5.65. The molecule has 2 unspecified atom stereocenters. The molecular weight excluding hydrogens is 456 g/mol. The predicted octanol–water partition coefficient (Wildman–Crippen LogP) is 9.01. The van der Waals surface area contributed by atoms with Crippen LogP contribution < -0.4 is 0 Å². The van der Waals surface area contributed by atoms with Crippen molar-refractivity contribution in [3.63, 3.8) is 0 Å². The Morgan fingerprint density at radius 2 is 1.38 bits per heavy atom. The number of ether oxygens (including phenoxy) is 1. The molecule has 1 aliphatic heterocycles. The largest absolute Gasteiger partial charge is 0.465 e. The van der Waals surface area contributed by atoms with Gasteiger partial charge in [0.05, 0.1) is 6.61 Å². The second-order valence-electron chi connectivity index (χ2n) is 11.8. The zero-order valence-corrected chi connectivity index (χ0v) is 25.8. The first-order chi connectivity index (χ1) is 18.1. The lowest BCUT2D eigenvalue weighted by Crippen LogP contribution is -2.37. The molecule has 220 valence electrons. The first-order valence-electron chi connectivity index (χ1n) is 16.8. The van der Waals surface area contributed by atoms with E-state index in [0.29, 0.717) is 18.9 Å². The number of nitrogens with zero attached hydrogens (tertiary/aromatic N) is 2. The van der Waals surface area contributed by atoms with Gasteiger partial charge < -0.3 is 14.5 Å². The number of rotatable bonds is 26. The Kier molecular flexibility index (Phi) is 22.7. The summed E-state index contributed by atoms with van der Waals surface area (Å²) in [5.41, 5.74) is 0. The van der Waals surface area contributed by atoms with Crippen LogP contribution in [-0.4, -0.2) is 61.1 Å². The highest BCUT2D eigenvalue weighted by molar-refractivity contribution is 5.69. The molecule has 0 N–H and O–H groups in total. The Bertz CT molecular complexity index is 507. The van der Waals surface area contributed by atoms with Gasteiger partial charge in [-0.2, -0.15) is 0 Å². The van der Waals surface area contributed by atoms with Crippen LogP contribution in [0.25, 0.3) is 0 Å². The Morgan fingerprint density at radius 3 is 2.05 bits per heavy atom. The summed E-state index contributed by atoms with van der Waals surface area (Å²) in [6, 6.07) is 0.770. The average molecular weight is 523 g/mol. The van der Waals surface area contributed by atoms with E-state index in [9.17, 15) is 4.79 Å². The summed E-state index contributed by atoms with van der Waals surface area (Å²) in [6.45, 7) is 16.2. The number of hydrogen-bond donors (Lipinski definition) is 0. The lowest BCUT2D eigenvalue weighted by atomic mass is 9.97. The number of carbonyl (C=O) groups is 1. The van der Waals surface area contributed by atoms with Crippen LogP contribution in [0.3, 0.4) is 0 Å². The van der Waals surface area contributed by atoms with Gasteiger partial charge in [-0.05, 0) is 90.0 Å². The standard InChI is InChI=1S/C33H66N2O2/c1-5-9-10-15-23-31(21-6-2)30-37-33(36)25-17-14-12-11-13-16-24-32(22-7-3)35(8-4)29-20-28-34-26-18-19-27-34/h31-32H,5-30H2,1-4H3. The van der Waals surface area contributed by atoms with Gasteiger partial charge in [-0.15, -0.1) is 0 Å². The second-order valence-corrected chi connectivity index (χ2v) is 11.8. The van der Waals surface area contributed by atoms with E-state index in [2.05, 4.69) is 37.5 Å². The van der Waals surface area contributed by atoms with Crippen molar-refractivity contribution >= 4 is 5.97 Å². The molecule has 0 aromatic rings. The highest BCUT2D eigenvalue weighted by atomic mass is 16.5. The second kappa shape index (κ2) is 24.4. The molecule has 2 atom stereocenters. The van der Waals surface area contributed by atoms with Crippen LogP contribution in [0.2, 0.25) is 0 Å². The third-order valence-electron chi connectivity index (χ3n) is 8.47. The van der Waals surface area contributed by atoms with E-state index in [1.54, 1.807) is 0 Å². The SMILES string of the molecule is CCCCCCC(CCC)COC(=O)CCCCCCCCC(CCC)N(CC)CCCN1CCCC1. The third-order valence-corrected chi connectivity index (χ3v) is 8.47. The van der Waals surface area contributed by atoms with Gasteiger partial charge in [-0.25, -0.2) is 0 Å². The Labute approximate surface area is 232 Å². The number of likely N-dealkylation sites (tertiary alicyclic amines) is 1. The third kappa shape index (κ3) is 18.3. The van der Waals surface area contributed by atoms with Crippen LogP contribution in [0.4, 0.5) is 0 Å². The van der Waals surface area contributed by atoms with Crippen LogP contribution in [0.1, 0.15) is 156 Å². The number of esters is 1. The zero-order valence-electron chi connectivity index (χ0n) is 25.8. The summed E-state index contributed by atoms with van der Waals surface area (Å²) in [7, 11) is 0. The molecule has 0 radical (unpaired) electrons. The molecule has 1 heterocycles. The Balaban J connectivity index is 2.09. The van der Waals surface area contributed by atoms with E-state index in [1.165, 1.54) is 148 Å². The van der Waals surface area contributed by atoms with Crippen molar-refractivity contribution in [3.05, 3.63) is 0 Å². The van der Waals surface area contributed by atoms with Gasteiger partial charge >= 0.3 is 5.97 Å². The van der Waals surface area contributed by atoms with Crippen molar-refractivity contribution in [2.24, 2.45) is 5.92 Å². The fourth-order valence-corrected chi connectivity index (χ4v) is 6.16. The minimum absolute atomic E-state index is 0.0291. The molecule has 0 aliphatic carbocycles. The van der Waals surface area contributed by atoms with Gasteiger partial charge in [0, 0.05) is 12.5 Å². The molecule has 1 fully saturated rings. The minimum Gasteiger partial charge on any atom is -0.465 e. The van der Waals surface area contributed by atoms with E-state index in [4.69, 9.17) is 4.74 Å². The lowest BCUT2D eigenvalue weighted by Gasteiger charge is -2.31. The van der Waals surface area contributed by atoms with E-state index >= 15 is 0 Å². The van der Waals surface area contributed by atoms with E-state index in [-0.39, 0.29) is 5.97 Å². The summed E-state index contributed by atoms with van der Waals surface area (Å²) in [6.07, 6.45) is 25.0. The topological polar surface area (TPSA) is 32.8 Å². The van der Waals surface area contributed by atoms with Gasteiger partial charge in [0.15, 0.2) is 0 Å². The lowest BCUT2D eigenvalue weighted by molar-refractivity contribution is -0.145. The maximum atomic E-state index is 12.2. The molecule has 1 aliphatic rings. The normalized spacial score (nSPS) is 15.9. The Morgan fingerprint density at radius 1 is 0.730 bits per heavy atom. The maximum absolute atomic E-state index is 12.2. The summed E-state index contributed by atoms with van der Waals surface area (Å²) in [5.74, 6) is 0.595. The molecule has 4 nitrogen and oxygen atoms in total. The molecule has 0 spiro atoms. The number of carbonyl (C=O) groups excluding carboxylic acids is 1. The van der Waals surface area contributed by atoms with E-state index in [0.717, 1.165) is 12.5 Å². The molecule has 0 aromatic carbocycles. The number of hydrogen-bond acceptors (Lipinski definition) is 4. The summed E-state index contributed by atoms with van der Waals surface area (Å²) in [4.78, 5) is 17.6. The predicted molar refractivity (Wildman–Crippen MR) is 161 cm³/mol. The molecule has 0 aromatic heterocycles. The van der Waals surface area contributed by atoms with Crippen LogP contribution in [0, 0.1) is 5.92 Å². The van der Waals surface area contributed by atoms with Crippen LogP contribution in [-0.2, 0) is 9.53 Å². The van der Waals surface area contributed by atoms with Gasteiger partial charge in [-0.3, -0.25) is 4.79 Å². The molecule has 1 saturated heterocycles. The zero-order chi connectivity index (χ0) is 27.0. The van der Waals surface area contributed by atoms with E-state index in [1.807, 2.05) is 0 Å². The monoisotopic (exact) mass is 523 g/mol. The fraction of sp³-hybridized carbons (Fsp3) is 0.970. The van der Waals surface area contributed by atoms with Gasteiger partial charge in [-0.1, -0.05) is 98.3 Å². The van der Waals surface area contributed by atoms with Crippen LogP contribution in [0.5, 0.6) is 0 Å². The fourth-order valence-electron chi connectivity index (χ4n) is 6.16.